The first-order valence-corrected chi connectivity index (χ1v) is 5.79. The normalized spacial score (nSPS) is 10.8. The Balaban J connectivity index is 2.11. The first-order valence-electron chi connectivity index (χ1n) is 5.41. The van der Waals surface area contributed by atoms with Crippen LogP contribution in [0.25, 0.3) is 22.4 Å². The van der Waals surface area contributed by atoms with Crippen LogP contribution < -0.4 is 4.74 Å². The van der Waals surface area contributed by atoms with Crippen molar-refractivity contribution in [3.05, 3.63) is 41.7 Å². The molecule has 0 spiro atoms. The summed E-state index contributed by atoms with van der Waals surface area (Å²) < 4.78 is 5.12. The number of rotatable bonds is 2. The highest BCUT2D eigenvalue weighted by Crippen LogP contribution is 2.29. The van der Waals surface area contributed by atoms with Crippen molar-refractivity contribution in [2.24, 2.45) is 0 Å². The molecular weight excluding hydrogens is 250 g/mol. The zero-order valence-electron chi connectivity index (χ0n) is 9.64. The molecule has 0 saturated carbocycles. The predicted molar refractivity (Wildman–Crippen MR) is 70.9 cm³/mol. The van der Waals surface area contributed by atoms with Gasteiger partial charge in [-0.15, -0.1) is 0 Å². The fourth-order valence-electron chi connectivity index (χ4n) is 1.81. The number of fused-ring (bicyclic) bond motifs is 1. The zero-order chi connectivity index (χ0) is 12.5. The van der Waals surface area contributed by atoms with Gasteiger partial charge in [-0.25, -0.2) is 4.98 Å². The van der Waals surface area contributed by atoms with Crippen LogP contribution >= 0.6 is 11.6 Å². The van der Waals surface area contributed by atoms with E-state index in [4.69, 9.17) is 16.3 Å². The van der Waals surface area contributed by atoms with E-state index >= 15 is 0 Å². The molecule has 3 rings (SSSR count). The fourth-order valence-corrected chi connectivity index (χ4v) is 2.06. The monoisotopic (exact) mass is 259 g/mol. The Bertz CT molecular complexity index is 675. The summed E-state index contributed by atoms with van der Waals surface area (Å²) in [5.74, 6) is 1.42. The number of hydrogen-bond donors (Lipinski definition) is 1. The van der Waals surface area contributed by atoms with E-state index in [0.717, 1.165) is 22.4 Å². The lowest BCUT2D eigenvalue weighted by molar-refractivity contribution is 0.415. The Morgan fingerprint density at radius 1 is 1.28 bits per heavy atom. The average Bonchev–Trinajstić information content (AvgIpc) is 2.82. The standard InChI is InChI=1S/C13H10ClN3O/c1-18-12-3-2-8(6-9(12)14)13-16-10-4-5-15-7-11(10)17-13/h2-7H,1H3,(H,16,17). The minimum Gasteiger partial charge on any atom is -0.495 e. The van der Waals surface area contributed by atoms with Crippen molar-refractivity contribution in [3.8, 4) is 17.1 Å². The number of nitrogens with zero attached hydrogens (tertiary/aromatic N) is 2. The second kappa shape index (κ2) is 4.31. The molecule has 3 aromatic rings. The number of aromatic nitrogens is 3. The lowest BCUT2D eigenvalue weighted by Gasteiger charge is -2.03. The molecule has 0 bridgehead atoms. The first kappa shape index (κ1) is 11.0. The number of methoxy groups -OCH3 is 1. The molecule has 5 heteroatoms. The molecule has 90 valence electrons. The number of halogens is 1. The molecule has 0 aliphatic rings. The van der Waals surface area contributed by atoms with Crippen LogP contribution in [0.15, 0.2) is 36.7 Å². The highest BCUT2D eigenvalue weighted by atomic mass is 35.5. The van der Waals surface area contributed by atoms with Crippen molar-refractivity contribution < 1.29 is 4.74 Å². The third-order valence-corrected chi connectivity index (χ3v) is 3.00. The van der Waals surface area contributed by atoms with Gasteiger partial charge in [0.15, 0.2) is 0 Å². The number of benzene rings is 1. The van der Waals surface area contributed by atoms with E-state index in [1.165, 1.54) is 0 Å². The second-order valence-electron chi connectivity index (χ2n) is 3.83. The quantitative estimate of drug-likeness (QED) is 0.768. The van der Waals surface area contributed by atoms with Crippen LogP contribution in [0.4, 0.5) is 0 Å². The maximum absolute atomic E-state index is 6.10. The highest BCUT2D eigenvalue weighted by Gasteiger charge is 2.08. The van der Waals surface area contributed by atoms with E-state index in [1.54, 1.807) is 19.5 Å². The number of H-pyrrole nitrogens is 1. The molecule has 0 amide bonds. The second-order valence-corrected chi connectivity index (χ2v) is 4.23. The van der Waals surface area contributed by atoms with Crippen LogP contribution in [0.5, 0.6) is 5.75 Å². The molecule has 1 aromatic carbocycles. The molecule has 18 heavy (non-hydrogen) atoms. The van der Waals surface area contributed by atoms with E-state index in [2.05, 4.69) is 15.0 Å². The van der Waals surface area contributed by atoms with E-state index in [-0.39, 0.29) is 0 Å². The molecule has 0 radical (unpaired) electrons. The summed E-state index contributed by atoms with van der Waals surface area (Å²) in [7, 11) is 1.59. The van der Waals surface area contributed by atoms with Gasteiger partial charge in [0.1, 0.15) is 11.6 Å². The van der Waals surface area contributed by atoms with Gasteiger partial charge in [0, 0.05) is 11.8 Å². The smallest absolute Gasteiger partial charge is 0.138 e. The van der Waals surface area contributed by atoms with Crippen molar-refractivity contribution >= 4 is 22.6 Å². The lowest BCUT2D eigenvalue weighted by atomic mass is 10.2. The molecule has 2 aromatic heterocycles. The van der Waals surface area contributed by atoms with Crippen LogP contribution in [0, 0.1) is 0 Å². The van der Waals surface area contributed by atoms with Crippen molar-refractivity contribution in [3.63, 3.8) is 0 Å². The summed E-state index contributed by atoms with van der Waals surface area (Å²) in [5, 5.41) is 0.564. The van der Waals surface area contributed by atoms with Gasteiger partial charge in [-0.2, -0.15) is 0 Å². The number of pyridine rings is 1. The van der Waals surface area contributed by atoms with Gasteiger partial charge in [-0.1, -0.05) is 11.6 Å². The number of ether oxygens (including phenoxy) is 1. The summed E-state index contributed by atoms with van der Waals surface area (Å²) in [5.41, 5.74) is 2.70. The van der Waals surface area contributed by atoms with Gasteiger partial charge in [-0.3, -0.25) is 4.98 Å². The maximum atomic E-state index is 6.10. The number of hydrogen-bond acceptors (Lipinski definition) is 3. The molecule has 0 saturated heterocycles. The Hall–Kier alpha value is -2.07. The minimum atomic E-state index is 0.564. The number of imidazole rings is 1. The van der Waals surface area contributed by atoms with E-state index in [0.29, 0.717) is 10.8 Å². The van der Waals surface area contributed by atoms with Gasteiger partial charge < -0.3 is 9.72 Å². The van der Waals surface area contributed by atoms with Crippen molar-refractivity contribution in [2.75, 3.05) is 7.11 Å². The molecule has 2 heterocycles. The van der Waals surface area contributed by atoms with Crippen LogP contribution in [-0.4, -0.2) is 22.1 Å². The van der Waals surface area contributed by atoms with Gasteiger partial charge in [0.2, 0.25) is 0 Å². The van der Waals surface area contributed by atoms with Crippen LogP contribution in [0.3, 0.4) is 0 Å². The van der Waals surface area contributed by atoms with Gasteiger partial charge in [-0.05, 0) is 24.3 Å². The Kier molecular flexibility index (Phi) is 2.64. The third-order valence-electron chi connectivity index (χ3n) is 2.71. The van der Waals surface area contributed by atoms with E-state index in [1.807, 2.05) is 24.3 Å². The molecule has 0 aliphatic carbocycles. The summed E-state index contributed by atoms with van der Waals surface area (Å²) in [6.45, 7) is 0. The van der Waals surface area contributed by atoms with Crippen LogP contribution in [0.2, 0.25) is 5.02 Å². The molecule has 0 unspecified atom stereocenters. The molecule has 0 aliphatic heterocycles. The largest absolute Gasteiger partial charge is 0.495 e. The minimum absolute atomic E-state index is 0.564. The van der Waals surface area contributed by atoms with Crippen molar-refractivity contribution in [1.82, 2.24) is 15.0 Å². The van der Waals surface area contributed by atoms with Gasteiger partial charge in [0.25, 0.3) is 0 Å². The van der Waals surface area contributed by atoms with Crippen molar-refractivity contribution in [1.29, 1.82) is 0 Å². The molecule has 0 atom stereocenters. The Labute approximate surface area is 109 Å². The maximum Gasteiger partial charge on any atom is 0.138 e. The van der Waals surface area contributed by atoms with Gasteiger partial charge in [0.05, 0.1) is 29.4 Å². The van der Waals surface area contributed by atoms with Crippen LogP contribution in [-0.2, 0) is 0 Å². The average molecular weight is 260 g/mol. The number of nitrogens with one attached hydrogen (secondary N) is 1. The highest BCUT2D eigenvalue weighted by molar-refractivity contribution is 6.32. The van der Waals surface area contributed by atoms with Gasteiger partial charge >= 0.3 is 0 Å². The summed E-state index contributed by atoms with van der Waals surface area (Å²) in [6, 6.07) is 7.42. The van der Waals surface area contributed by atoms with E-state index < -0.39 is 0 Å². The fraction of sp³-hybridized carbons (Fsp3) is 0.0769. The van der Waals surface area contributed by atoms with Crippen LogP contribution in [0.1, 0.15) is 0 Å². The summed E-state index contributed by atoms with van der Waals surface area (Å²) >= 11 is 6.10. The topological polar surface area (TPSA) is 50.8 Å². The molecule has 0 fully saturated rings. The molecular formula is C13H10ClN3O. The van der Waals surface area contributed by atoms with Crippen molar-refractivity contribution in [2.45, 2.75) is 0 Å². The SMILES string of the molecule is COc1ccc(-c2nc3ccncc3[nH]2)cc1Cl. The summed E-state index contributed by atoms with van der Waals surface area (Å²) in [6.07, 6.45) is 3.46. The predicted octanol–water partition coefficient (Wildman–Crippen LogP) is 3.29. The zero-order valence-corrected chi connectivity index (χ0v) is 10.4. The Morgan fingerprint density at radius 2 is 2.17 bits per heavy atom. The Morgan fingerprint density at radius 3 is 2.89 bits per heavy atom. The first-order chi connectivity index (χ1) is 8.78. The number of aromatic amines is 1. The summed E-state index contributed by atoms with van der Waals surface area (Å²) in [4.78, 5) is 11.7. The lowest BCUT2D eigenvalue weighted by Crippen LogP contribution is -1.86. The third kappa shape index (κ3) is 1.80. The molecule has 4 nitrogen and oxygen atoms in total. The molecule has 1 N–H and O–H groups in total. The van der Waals surface area contributed by atoms with E-state index in [9.17, 15) is 0 Å².